The predicted molar refractivity (Wildman–Crippen MR) is 86.5 cm³/mol. The van der Waals surface area contributed by atoms with Crippen molar-refractivity contribution in [2.45, 2.75) is 25.9 Å². The van der Waals surface area contributed by atoms with Gasteiger partial charge in [-0.2, -0.15) is 0 Å². The Morgan fingerprint density at radius 2 is 2.17 bits per heavy atom. The van der Waals surface area contributed by atoms with Gasteiger partial charge in [0, 0.05) is 18.7 Å². The maximum Gasteiger partial charge on any atom is 0.229 e. The standard InChI is InChI=1S/C18H20N2O4/c1-18-13(16(22)19-9-10-5-4-8-24-10)14(18)17(23)20-12-7-3-2-6-11(12)15(18)21/h2-3,6-7,10,13-14H,4-5,8-9H2,1H3,(H,19,22)(H,20,23)/t10-,13+,14+,18-/m1/s1. The predicted octanol–water partition coefficient (Wildman–Crippen LogP) is 1.37. The van der Waals surface area contributed by atoms with Gasteiger partial charge in [0.15, 0.2) is 5.78 Å². The number of fused-ring (bicyclic) bond motifs is 2. The summed E-state index contributed by atoms with van der Waals surface area (Å²) in [4.78, 5) is 38.0. The second-order valence-electron chi connectivity index (χ2n) is 6.98. The third kappa shape index (κ3) is 2.17. The summed E-state index contributed by atoms with van der Waals surface area (Å²) in [5.74, 6) is -1.85. The first-order valence-corrected chi connectivity index (χ1v) is 8.37. The van der Waals surface area contributed by atoms with E-state index in [1.54, 1.807) is 31.2 Å². The van der Waals surface area contributed by atoms with Crippen molar-refractivity contribution in [1.82, 2.24) is 5.32 Å². The zero-order valence-corrected chi connectivity index (χ0v) is 13.5. The molecule has 1 saturated carbocycles. The molecule has 1 aliphatic carbocycles. The molecule has 2 N–H and O–H groups in total. The lowest BCUT2D eigenvalue weighted by molar-refractivity contribution is -0.125. The first-order valence-electron chi connectivity index (χ1n) is 8.37. The fourth-order valence-electron chi connectivity index (χ4n) is 4.06. The molecular weight excluding hydrogens is 308 g/mol. The summed E-state index contributed by atoms with van der Waals surface area (Å²) < 4.78 is 5.50. The number of amides is 2. The fourth-order valence-corrected chi connectivity index (χ4v) is 4.06. The highest BCUT2D eigenvalue weighted by Crippen LogP contribution is 2.62. The summed E-state index contributed by atoms with van der Waals surface area (Å²) >= 11 is 0. The largest absolute Gasteiger partial charge is 0.376 e. The van der Waals surface area contributed by atoms with E-state index in [0.29, 0.717) is 17.8 Å². The highest BCUT2D eigenvalue weighted by Gasteiger charge is 2.73. The first-order chi connectivity index (χ1) is 11.5. The molecule has 0 radical (unpaired) electrons. The van der Waals surface area contributed by atoms with Gasteiger partial charge < -0.3 is 15.4 Å². The van der Waals surface area contributed by atoms with Gasteiger partial charge in [-0.05, 0) is 25.0 Å². The Labute approximate surface area is 139 Å². The molecule has 2 amide bonds. The van der Waals surface area contributed by atoms with Gasteiger partial charge in [-0.15, -0.1) is 0 Å². The molecular formula is C18H20N2O4. The van der Waals surface area contributed by atoms with E-state index in [0.717, 1.165) is 19.4 Å². The summed E-state index contributed by atoms with van der Waals surface area (Å²) in [5, 5.41) is 5.64. The van der Waals surface area contributed by atoms with Crippen LogP contribution < -0.4 is 10.6 Å². The lowest BCUT2D eigenvalue weighted by atomic mass is 9.92. The van der Waals surface area contributed by atoms with Crippen LogP contribution >= 0.6 is 0 Å². The number of hydrogen-bond acceptors (Lipinski definition) is 4. The van der Waals surface area contributed by atoms with Crippen LogP contribution in [0.5, 0.6) is 0 Å². The molecule has 1 saturated heterocycles. The van der Waals surface area contributed by atoms with E-state index in [1.807, 2.05) is 0 Å². The van der Waals surface area contributed by atoms with E-state index in [9.17, 15) is 14.4 Å². The van der Waals surface area contributed by atoms with E-state index < -0.39 is 17.3 Å². The van der Waals surface area contributed by atoms with Crippen LogP contribution in [-0.2, 0) is 14.3 Å². The van der Waals surface area contributed by atoms with Crippen molar-refractivity contribution in [3.05, 3.63) is 29.8 Å². The molecule has 1 aromatic carbocycles. The van der Waals surface area contributed by atoms with Crippen LogP contribution in [0, 0.1) is 17.3 Å². The molecule has 6 nitrogen and oxygen atoms in total. The number of Topliss-reactive ketones (excluding diaryl/α,β-unsaturated/α-hetero) is 1. The molecule has 126 valence electrons. The fraction of sp³-hybridized carbons (Fsp3) is 0.500. The lowest BCUT2D eigenvalue weighted by Gasteiger charge is -2.14. The number of carbonyl (C=O) groups excluding carboxylic acids is 3. The van der Waals surface area contributed by atoms with E-state index >= 15 is 0 Å². The van der Waals surface area contributed by atoms with Gasteiger partial charge in [0.2, 0.25) is 11.8 Å². The molecule has 4 rings (SSSR count). The average molecular weight is 328 g/mol. The molecule has 0 spiro atoms. The van der Waals surface area contributed by atoms with Crippen LogP contribution in [-0.4, -0.2) is 36.9 Å². The minimum atomic E-state index is -0.961. The summed E-state index contributed by atoms with van der Waals surface area (Å²) in [5.41, 5.74) is 0.0434. The number of anilines is 1. The Morgan fingerprint density at radius 1 is 1.38 bits per heavy atom. The van der Waals surface area contributed by atoms with Crippen LogP contribution in [0.25, 0.3) is 0 Å². The van der Waals surface area contributed by atoms with E-state index in [1.165, 1.54) is 0 Å². The van der Waals surface area contributed by atoms with Crippen molar-refractivity contribution in [3.63, 3.8) is 0 Å². The monoisotopic (exact) mass is 328 g/mol. The van der Waals surface area contributed by atoms with Crippen molar-refractivity contribution in [2.24, 2.45) is 17.3 Å². The van der Waals surface area contributed by atoms with Gasteiger partial charge >= 0.3 is 0 Å². The SMILES string of the molecule is C[C@]12C(=O)c3ccccc3NC(=O)[C@@H]1[C@H]2C(=O)NC[C@H]1CCCO1. The van der Waals surface area contributed by atoms with Crippen molar-refractivity contribution in [2.75, 3.05) is 18.5 Å². The lowest BCUT2D eigenvalue weighted by Crippen LogP contribution is -2.35. The number of hydrogen-bond donors (Lipinski definition) is 2. The summed E-state index contributed by atoms with van der Waals surface area (Å²) in [7, 11) is 0. The van der Waals surface area contributed by atoms with Crippen LogP contribution in [0.3, 0.4) is 0 Å². The number of rotatable bonds is 3. The number of nitrogens with one attached hydrogen (secondary N) is 2. The smallest absolute Gasteiger partial charge is 0.229 e. The molecule has 2 fully saturated rings. The molecule has 0 unspecified atom stereocenters. The molecule has 2 heterocycles. The molecule has 24 heavy (non-hydrogen) atoms. The van der Waals surface area contributed by atoms with Crippen molar-refractivity contribution >= 4 is 23.3 Å². The van der Waals surface area contributed by atoms with Gasteiger partial charge in [0.25, 0.3) is 0 Å². The molecule has 0 bridgehead atoms. The van der Waals surface area contributed by atoms with E-state index in [4.69, 9.17) is 4.74 Å². The molecule has 3 aliphatic rings. The van der Waals surface area contributed by atoms with Crippen LogP contribution in [0.4, 0.5) is 5.69 Å². The third-order valence-corrected chi connectivity index (χ3v) is 5.53. The molecule has 2 aliphatic heterocycles. The number of para-hydroxylation sites is 1. The van der Waals surface area contributed by atoms with Gasteiger partial charge in [0.05, 0.1) is 29.0 Å². The maximum absolute atomic E-state index is 12.9. The zero-order chi connectivity index (χ0) is 16.9. The van der Waals surface area contributed by atoms with Crippen LogP contribution in [0.1, 0.15) is 30.1 Å². The average Bonchev–Trinajstić information content (AvgIpc) is 2.95. The summed E-state index contributed by atoms with van der Waals surface area (Å²) in [6, 6.07) is 6.95. The Morgan fingerprint density at radius 3 is 2.92 bits per heavy atom. The molecule has 1 aromatic rings. The van der Waals surface area contributed by atoms with Crippen molar-refractivity contribution in [1.29, 1.82) is 0 Å². The van der Waals surface area contributed by atoms with Crippen LogP contribution in [0.2, 0.25) is 0 Å². The normalized spacial score (nSPS) is 34.0. The highest BCUT2D eigenvalue weighted by molar-refractivity contribution is 6.19. The zero-order valence-electron chi connectivity index (χ0n) is 13.5. The Balaban J connectivity index is 1.54. The number of carbonyl (C=O) groups is 3. The maximum atomic E-state index is 12.9. The van der Waals surface area contributed by atoms with Gasteiger partial charge in [-0.3, -0.25) is 14.4 Å². The molecule has 6 heteroatoms. The Kier molecular flexibility index (Phi) is 3.46. The number of ketones is 1. The van der Waals surface area contributed by atoms with Crippen molar-refractivity contribution in [3.8, 4) is 0 Å². The number of benzene rings is 1. The van der Waals surface area contributed by atoms with Gasteiger partial charge in [-0.25, -0.2) is 0 Å². The Hall–Kier alpha value is -2.21. The van der Waals surface area contributed by atoms with Crippen molar-refractivity contribution < 1.29 is 19.1 Å². The second-order valence-corrected chi connectivity index (χ2v) is 6.98. The number of ether oxygens (including phenoxy) is 1. The van der Waals surface area contributed by atoms with Gasteiger partial charge in [0.1, 0.15) is 0 Å². The quantitative estimate of drug-likeness (QED) is 0.878. The minimum Gasteiger partial charge on any atom is -0.376 e. The molecule has 4 atom stereocenters. The van der Waals surface area contributed by atoms with E-state index in [2.05, 4.69) is 10.6 Å². The Bertz CT molecular complexity index is 725. The van der Waals surface area contributed by atoms with Gasteiger partial charge in [-0.1, -0.05) is 19.1 Å². The second kappa shape index (κ2) is 5.41. The minimum absolute atomic E-state index is 0.0376. The summed E-state index contributed by atoms with van der Waals surface area (Å²) in [6.07, 6.45) is 1.97. The molecule has 0 aromatic heterocycles. The first kappa shape index (κ1) is 15.3. The van der Waals surface area contributed by atoms with Crippen LogP contribution in [0.15, 0.2) is 24.3 Å². The third-order valence-electron chi connectivity index (χ3n) is 5.53. The summed E-state index contributed by atoms with van der Waals surface area (Å²) in [6.45, 7) is 2.88. The highest BCUT2D eigenvalue weighted by atomic mass is 16.5. The van der Waals surface area contributed by atoms with E-state index in [-0.39, 0.29) is 23.7 Å². The topological polar surface area (TPSA) is 84.5 Å².